The molecule has 1 aliphatic rings. The van der Waals surface area contributed by atoms with Gasteiger partial charge in [0, 0.05) is 0 Å². The van der Waals surface area contributed by atoms with E-state index < -0.39 is 35.6 Å². The Balaban J connectivity index is 1.88. The Morgan fingerprint density at radius 3 is 2.41 bits per heavy atom. The fraction of sp³-hybridized carbons (Fsp3) is 0.250. The van der Waals surface area contributed by atoms with E-state index in [-0.39, 0.29) is 5.56 Å². The Labute approximate surface area is 155 Å². The van der Waals surface area contributed by atoms with Gasteiger partial charge in [0.2, 0.25) is 0 Å². The molecule has 1 unspecified atom stereocenters. The van der Waals surface area contributed by atoms with Crippen molar-refractivity contribution in [1.82, 2.24) is 10.2 Å². The van der Waals surface area contributed by atoms with E-state index in [1.165, 1.54) is 25.3 Å². The van der Waals surface area contributed by atoms with Crippen LogP contribution in [-0.2, 0) is 10.3 Å². The fourth-order valence-corrected chi connectivity index (χ4v) is 3.20. The van der Waals surface area contributed by atoms with Crippen LogP contribution in [-0.4, -0.2) is 36.3 Å². The van der Waals surface area contributed by atoms with E-state index in [0.717, 1.165) is 11.0 Å². The quantitative estimate of drug-likeness (QED) is 0.627. The molecule has 2 aromatic carbocycles. The van der Waals surface area contributed by atoms with Gasteiger partial charge in [-0.2, -0.15) is 0 Å². The van der Waals surface area contributed by atoms with Crippen LogP contribution in [0.1, 0.15) is 29.3 Å². The largest absolute Gasteiger partial charge is 0.497 e. The molecule has 0 aliphatic carbocycles. The lowest BCUT2D eigenvalue weighted by Crippen LogP contribution is -2.43. The lowest BCUT2D eigenvalue weighted by atomic mass is 9.87. The monoisotopic (exact) mass is 370 g/mol. The van der Waals surface area contributed by atoms with Crippen molar-refractivity contribution in [2.24, 2.45) is 0 Å². The van der Waals surface area contributed by atoms with Crippen molar-refractivity contribution in [3.05, 3.63) is 65.5 Å². The van der Waals surface area contributed by atoms with Gasteiger partial charge in [0.15, 0.2) is 5.78 Å². The lowest BCUT2D eigenvalue weighted by Gasteiger charge is -2.26. The fourth-order valence-electron chi connectivity index (χ4n) is 3.20. The van der Waals surface area contributed by atoms with Crippen molar-refractivity contribution >= 4 is 17.7 Å². The highest BCUT2D eigenvalue weighted by Crippen LogP contribution is 2.33. The van der Waals surface area contributed by atoms with Gasteiger partial charge >= 0.3 is 6.03 Å². The molecule has 2 aromatic rings. The zero-order valence-electron chi connectivity index (χ0n) is 15.0. The molecule has 3 amide bonds. The number of nitrogens with zero attached hydrogens (tertiary/aromatic N) is 1. The number of methoxy groups -OCH3 is 1. The summed E-state index contributed by atoms with van der Waals surface area (Å²) in [5.74, 6) is -1.25. The van der Waals surface area contributed by atoms with Crippen molar-refractivity contribution in [3.8, 4) is 5.75 Å². The second-order valence-corrected chi connectivity index (χ2v) is 6.21. The number of imide groups is 1. The molecule has 7 heteroatoms. The van der Waals surface area contributed by atoms with E-state index in [1.54, 1.807) is 31.2 Å². The first-order valence-electron chi connectivity index (χ1n) is 8.49. The topological polar surface area (TPSA) is 75.7 Å². The minimum atomic E-state index is -1.27. The Hall–Kier alpha value is -3.22. The van der Waals surface area contributed by atoms with Crippen molar-refractivity contribution in [2.45, 2.75) is 18.9 Å². The molecule has 1 N–H and O–H groups in total. The normalized spacial score (nSPS) is 19.1. The van der Waals surface area contributed by atoms with Crippen LogP contribution in [0.15, 0.2) is 48.5 Å². The van der Waals surface area contributed by atoms with Gasteiger partial charge in [-0.1, -0.05) is 31.2 Å². The standard InChI is InChI=1S/C20H19FN2O4/c1-3-20(13-8-10-14(27-2)11-9-13)18(25)23(19(26)22-20)12-17(24)15-6-4-5-7-16(15)21/h4-11H,3,12H2,1-2H3,(H,22,26). The predicted molar refractivity (Wildman–Crippen MR) is 95.9 cm³/mol. The highest BCUT2D eigenvalue weighted by molar-refractivity contribution is 6.11. The van der Waals surface area contributed by atoms with E-state index in [1.807, 2.05) is 0 Å². The summed E-state index contributed by atoms with van der Waals surface area (Å²) in [7, 11) is 1.53. The summed E-state index contributed by atoms with van der Waals surface area (Å²) >= 11 is 0. The molecule has 0 aromatic heterocycles. The molecular formula is C20H19FN2O4. The average Bonchev–Trinajstić information content (AvgIpc) is 2.93. The Kier molecular flexibility index (Phi) is 4.94. The summed E-state index contributed by atoms with van der Waals surface area (Å²) in [5.41, 5.74) is -0.833. The number of hydrogen-bond acceptors (Lipinski definition) is 4. The van der Waals surface area contributed by atoms with Gasteiger partial charge in [0.05, 0.1) is 19.2 Å². The summed E-state index contributed by atoms with van der Waals surface area (Å²) in [4.78, 5) is 38.7. The molecule has 1 fully saturated rings. The van der Waals surface area contributed by atoms with Crippen LogP contribution < -0.4 is 10.1 Å². The minimum absolute atomic E-state index is 0.156. The maximum absolute atomic E-state index is 13.8. The van der Waals surface area contributed by atoms with E-state index in [2.05, 4.69) is 5.32 Å². The van der Waals surface area contributed by atoms with Gasteiger partial charge in [0.1, 0.15) is 17.1 Å². The number of urea groups is 1. The van der Waals surface area contributed by atoms with E-state index in [9.17, 15) is 18.8 Å². The number of halogens is 1. The third-order valence-electron chi connectivity index (χ3n) is 4.76. The molecule has 1 aliphatic heterocycles. The van der Waals surface area contributed by atoms with Crippen LogP contribution in [0.4, 0.5) is 9.18 Å². The van der Waals surface area contributed by atoms with E-state index in [4.69, 9.17) is 4.74 Å². The van der Waals surface area contributed by atoms with Gasteiger partial charge in [-0.05, 0) is 36.2 Å². The van der Waals surface area contributed by atoms with Crippen LogP contribution in [0.25, 0.3) is 0 Å². The molecule has 3 rings (SSSR count). The average molecular weight is 370 g/mol. The Bertz CT molecular complexity index is 897. The molecule has 27 heavy (non-hydrogen) atoms. The van der Waals surface area contributed by atoms with Crippen LogP contribution in [0.3, 0.4) is 0 Å². The third-order valence-corrected chi connectivity index (χ3v) is 4.76. The van der Waals surface area contributed by atoms with Crippen LogP contribution in [0.2, 0.25) is 0 Å². The zero-order valence-corrected chi connectivity index (χ0v) is 15.0. The first-order chi connectivity index (χ1) is 12.9. The molecule has 1 atom stereocenters. The third kappa shape index (κ3) is 3.16. The Morgan fingerprint density at radius 2 is 1.81 bits per heavy atom. The molecule has 1 saturated heterocycles. The van der Waals surface area contributed by atoms with Gasteiger partial charge in [-0.25, -0.2) is 9.18 Å². The van der Waals surface area contributed by atoms with Crippen molar-refractivity contribution < 1.29 is 23.5 Å². The SMILES string of the molecule is CCC1(c2ccc(OC)cc2)NC(=O)N(CC(=O)c2ccccc2F)C1=O. The number of carbonyl (C=O) groups is 3. The number of benzene rings is 2. The molecule has 1 heterocycles. The van der Waals surface area contributed by atoms with Crippen molar-refractivity contribution in [1.29, 1.82) is 0 Å². The molecule has 0 radical (unpaired) electrons. The van der Waals surface area contributed by atoms with Gasteiger partial charge in [-0.3, -0.25) is 14.5 Å². The summed E-state index contributed by atoms with van der Waals surface area (Å²) in [6.07, 6.45) is 0.300. The molecule has 0 saturated carbocycles. The molecule has 6 nitrogen and oxygen atoms in total. The molecular weight excluding hydrogens is 351 g/mol. The van der Waals surface area contributed by atoms with Crippen LogP contribution >= 0.6 is 0 Å². The number of hydrogen-bond donors (Lipinski definition) is 1. The first kappa shape index (κ1) is 18.6. The number of carbonyl (C=O) groups excluding carboxylic acids is 3. The van der Waals surface area contributed by atoms with Crippen LogP contribution in [0, 0.1) is 5.82 Å². The van der Waals surface area contributed by atoms with E-state index >= 15 is 0 Å². The maximum Gasteiger partial charge on any atom is 0.325 e. The number of nitrogens with one attached hydrogen (secondary N) is 1. The van der Waals surface area contributed by atoms with Crippen LogP contribution in [0.5, 0.6) is 5.75 Å². The Morgan fingerprint density at radius 1 is 1.15 bits per heavy atom. The molecule has 0 bridgehead atoms. The van der Waals surface area contributed by atoms with E-state index in [0.29, 0.717) is 17.7 Å². The lowest BCUT2D eigenvalue weighted by molar-refractivity contribution is -0.131. The summed E-state index contributed by atoms with van der Waals surface area (Å²) in [6.45, 7) is 1.24. The smallest absolute Gasteiger partial charge is 0.325 e. The molecule has 0 spiro atoms. The number of ketones is 1. The highest BCUT2D eigenvalue weighted by atomic mass is 19.1. The summed E-state index contributed by atoms with van der Waals surface area (Å²) in [5, 5.41) is 2.69. The first-order valence-corrected chi connectivity index (χ1v) is 8.49. The zero-order chi connectivity index (χ0) is 19.6. The predicted octanol–water partition coefficient (Wildman–Crippen LogP) is 2.87. The van der Waals surface area contributed by atoms with Crippen molar-refractivity contribution in [3.63, 3.8) is 0 Å². The minimum Gasteiger partial charge on any atom is -0.497 e. The van der Waals surface area contributed by atoms with Gasteiger partial charge < -0.3 is 10.1 Å². The van der Waals surface area contributed by atoms with Crippen molar-refractivity contribution in [2.75, 3.05) is 13.7 Å². The number of amides is 3. The maximum atomic E-state index is 13.8. The second-order valence-electron chi connectivity index (χ2n) is 6.21. The number of ether oxygens (including phenoxy) is 1. The van der Waals surface area contributed by atoms with Gasteiger partial charge in [0.25, 0.3) is 5.91 Å². The molecule has 140 valence electrons. The second kappa shape index (κ2) is 7.19. The summed E-state index contributed by atoms with van der Waals surface area (Å²) < 4.78 is 18.9. The number of Topliss-reactive ketones (excluding diaryl/α,β-unsaturated/α-hetero) is 1. The van der Waals surface area contributed by atoms with Gasteiger partial charge in [-0.15, -0.1) is 0 Å². The summed E-state index contributed by atoms with van der Waals surface area (Å²) in [6, 6.07) is 11.6. The highest BCUT2D eigenvalue weighted by Gasteiger charge is 2.51. The number of rotatable bonds is 6.